The SMILES string of the molecule is CN1CCc2c(-c3ccc(F)cc3F)cc3c(N=O)c(O)[nH]c3c2C1. The molecule has 0 fully saturated rings. The van der Waals surface area contributed by atoms with Gasteiger partial charge in [-0.15, -0.1) is 4.91 Å². The van der Waals surface area contributed by atoms with E-state index in [-0.39, 0.29) is 17.1 Å². The molecule has 0 amide bonds. The number of hydrogen-bond acceptors (Lipinski definition) is 4. The van der Waals surface area contributed by atoms with E-state index >= 15 is 0 Å². The molecule has 0 bridgehead atoms. The molecule has 0 saturated carbocycles. The highest BCUT2D eigenvalue weighted by atomic mass is 19.1. The number of rotatable bonds is 2. The van der Waals surface area contributed by atoms with E-state index in [1.54, 1.807) is 6.07 Å². The van der Waals surface area contributed by atoms with Crippen molar-refractivity contribution >= 4 is 16.6 Å². The fraction of sp³-hybridized carbons (Fsp3) is 0.222. The molecule has 1 aliphatic heterocycles. The molecule has 25 heavy (non-hydrogen) atoms. The Balaban J connectivity index is 2.08. The first-order valence-corrected chi connectivity index (χ1v) is 7.86. The number of halogens is 2. The van der Waals surface area contributed by atoms with E-state index in [9.17, 15) is 18.8 Å². The van der Waals surface area contributed by atoms with E-state index < -0.39 is 11.6 Å². The maximum atomic E-state index is 14.4. The van der Waals surface area contributed by atoms with E-state index in [2.05, 4.69) is 15.1 Å². The zero-order valence-electron chi connectivity index (χ0n) is 13.4. The number of aromatic amines is 1. The summed E-state index contributed by atoms with van der Waals surface area (Å²) in [5, 5.41) is 13.3. The minimum atomic E-state index is -0.666. The van der Waals surface area contributed by atoms with Crippen molar-refractivity contribution in [3.63, 3.8) is 0 Å². The maximum absolute atomic E-state index is 14.4. The maximum Gasteiger partial charge on any atom is 0.219 e. The number of benzene rings is 2. The molecule has 5 nitrogen and oxygen atoms in total. The average Bonchev–Trinajstić information content (AvgIpc) is 2.89. The van der Waals surface area contributed by atoms with Gasteiger partial charge in [-0.2, -0.15) is 0 Å². The third-order valence-corrected chi connectivity index (χ3v) is 4.76. The van der Waals surface area contributed by atoms with Crippen LogP contribution in [0.5, 0.6) is 5.88 Å². The number of nitrogens with one attached hydrogen (secondary N) is 1. The second kappa shape index (κ2) is 5.63. The quantitative estimate of drug-likeness (QED) is 0.685. The van der Waals surface area contributed by atoms with Gasteiger partial charge < -0.3 is 15.0 Å². The molecular formula is C18H15F2N3O2. The van der Waals surface area contributed by atoms with Gasteiger partial charge in [-0.25, -0.2) is 8.78 Å². The second-order valence-electron chi connectivity index (χ2n) is 6.33. The van der Waals surface area contributed by atoms with E-state index in [4.69, 9.17) is 0 Å². The van der Waals surface area contributed by atoms with Gasteiger partial charge in [0.05, 0.1) is 5.52 Å². The van der Waals surface area contributed by atoms with Gasteiger partial charge in [-0.1, -0.05) is 0 Å². The van der Waals surface area contributed by atoms with Crippen molar-refractivity contribution in [2.24, 2.45) is 5.18 Å². The number of likely N-dealkylation sites (N-methyl/N-ethyl adjacent to an activating group) is 1. The van der Waals surface area contributed by atoms with Crippen LogP contribution in [0.25, 0.3) is 22.0 Å². The highest BCUT2D eigenvalue weighted by molar-refractivity contribution is 6.00. The smallest absolute Gasteiger partial charge is 0.219 e. The number of fused-ring (bicyclic) bond motifs is 3. The van der Waals surface area contributed by atoms with Gasteiger partial charge in [0.25, 0.3) is 0 Å². The van der Waals surface area contributed by atoms with Crippen LogP contribution in [0.3, 0.4) is 0 Å². The molecule has 1 aromatic heterocycles. The van der Waals surface area contributed by atoms with Crippen molar-refractivity contribution in [2.75, 3.05) is 13.6 Å². The number of aromatic nitrogens is 1. The Hall–Kier alpha value is -2.80. The van der Waals surface area contributed by atoms with Crippen molar-refractivity contribution in [1.82, 2.24) is 9.88 Å². The molecule has 0 radical (unpaired) electrons. The Kier molecular flexibility index (Phi) is 3.54. The largest absolute Gasteiger partial charge is 0.493 e. The van der Waals surface area contributed by atoms with Crippen molar-refractivity contribution in [2.45, 2.75) is 13.0 Å². The van der Waals surface area contributed by atoms with Crippen LogP contribution in [0.15, 0.2) is 29.4 Å². The molecule has 1 aliphatic rings. The lowest BCUT2D eigenvalue weighted by atomic mass is 9.88. The molecule has 3 aromatic rings. The van der Waals surface area contributed by atoms with Gasteiger partial charge in [0.1, 0.15) is 11.6 Å². The summed E-state index contributed by atoms with van der Waals surface area (Å²) in [7, 11) is 1.96. The highest BCUT2D eigenvalue weighted by Crippen LogP contribution is 2.43. The zero-order valence-corrected chi connectivity index (χ0v) is 13.4. The number of H-pyrrole nitrogens is 1. The van der Waals surface area contributed by atoms with Crippen molar-refractivity contribution < 1.29 is 13.9 Å². The molecule has 7 heteroatoms. The molecule has 2 N–H and O–H groups in total. The summed E-state index contributed by atoms with van der Waals surface area (Å²) in [6.45, 7) is 1.38. The Morgan fingerprint density at radius 3 is 2.72 bits per heavy atom. The summed E-state index contributed by atoms with van der Waals surface area (Å²) in [5.74, 6) is -1.62. The monoisotopic (exact) mass is 343 g/mol. The van der Waals surface area contributed by atoms with Gasteiger partial charge in [0, 0.05) is 30.1 Å². The van der Waals surface area contributed by atoms with Crippen LogP contribution in [0.1, 0.15) is 11.1 Å². The number of hydrogen-bond donors (Lipinski definition) is 2. The molecule has 0 aliphatic carbocycles. The predicted molar refractivity (Wildman–Crippen MR) is 90.8 cm³/mol. The van der Waals surface area contributed by atoms with E-state index in [0.29, 0.717) is 29.4 Å². The lowest BCUT2D eigenvalue weighted by Crippen LogP contribution is -2.27. The normalized spacial score (nSPS) is 14.7. The Bertz CT molecular complexity index is 1010. The third-order valence-electron chi connectivity index (χ3n) is 4.76. The summed E-state index contributed by atoms with van der Waals surface area (Å²) in [4.78, 5) is 16.0. The molecule has 0 spiro atoms. The van der Waals surface area contributed by atoms with Gasteiger partial charge in [-0.3, -0.25) is 0 Å². The predicted octanol–water partition coefficient (Wildman–Crippen LogP) is 4.20. The topological polar surface area (TPSA) is 68.7 Å². The average molecular weight is 343 g/mol. The van der Waals surface area contributed by atoms with Crippen LogP contribution in [0, 0.1) is 16.5 Å². The molecule has 2 aromatic carbocycles. The van der Waals surface area contributed by atoms with Crippen molar-refractivity contribution in [3.8, 4) is 17.0 Å². The lowest BCUT2D eigenvalue weighted by Gasteiger charge is -2.27. The fourth-order valence-electron chi connectivity index (χ4n) is 3.57. The van der Waals surface area contributed by atoms with E-state index in [1.165, 1.54) is 12.1 Å². The standard InChI is InChI=1S/C18H15F2N3O2/c1-23-5-4-10-12(11-3-2-9(19)6-15(11)20)7-13-16(14(10)8-23)21-18(24)17(13)22-25/h2-3,6-7,21,24H,4-5,8H2,1H3. The Morgan fingerprint density at radius 2 is 2.00 bits per heavy atom. The summed E-state index contributed by atoms with van der Waals surface area (Å²) in [5.41, 5.74) is 3.19. The van der Waals surface area contributed by atoms with Crippen LogP contribution >= 0.6 is 0 Å². The summed E-state index contributed by atoms with van der Waals surface area (Å²) >= 11 is 0. The number of aromatic hydroxyl groups is 1. The van der Waals surface area contributed by atoms with Crippen LogP contribution in [-0.2, 0) is 13.0 Å². The van der Waals surface area contributed by atoms with Crippen LogP contribution in [0.4, 0.5) is 14.5 Å². The molecule has 128 valence electrons. The molecule has 2 heterocycles. The highest BCUT2D eigenvalue weighted by Gasteiger charge is 2.25. The first-order valence-electron chi connectivity index (χ1n) is 7.86. The minimum absolute atomic E-state index is 0.102. The number of nitroso groups, excluding NO2 is 1. The van der Waals surface area contributed by atoms with Crippen LogP contribution < -0.4 is 0 Å². The van der Waals surface area contributed by atoms with E-state index in [0.717, 1.165) is 23.7 Å². The molecule has 4 rings (SSSR count). The van der Waals surface area contributed by atoms with Crippen molar-refractivity contribution in [3.05, 3.63) is 51.9 Å². The summed E-state index contributed by atoms with van der Waals surface area (Å²) in [6, 6.07) is 5.08. The van der Waals surface area contributed by atoms with E-state index in [1.807, 2.05) is 7.05 Å². The molecule has 0 atom stereocenters. The number of nitrogens with zero attached hydrogens (tertiary/aromatic N) is 2. The van der Waals surface area contributed by atoms with Gasteiger partial charge in [-0.05, 0) is 53.5 Å². The summed E-state index contributed by atoms with van der Waals surface area (Å²) < 4.78 is 27.7. The second-order valence-corrected chi connectivity index (χ2v) is 6.33. The fourth-order valence-corrected chi connectivity index (χ4v) is 3.57. The molecular weight excluding hydrogens is 328 g/mol. The zero-order chi connectivity index (χ0) is 17.7. The Labute approximate surface area is 141 Å². The molecule has 0 unspecified atom stereocenters. The minimum Gasteiger partial charge on any atom is -0.493 e. The van der Waals surface area contributed by atoms with Crippen molar-refractivity contribution in [1.29, 1.82) is 0 Å². The third kappa shape index (κ3) is 2.39. The van der Waals surface area contributed by atoms with Gasteiger partial charge in [0.2, 0.25) is 5.88 Å². The summed E-state index contributed by atoms with van der Waals surface area (Å²) in [6.07, 6.45) is 0.678. The van der Waals surface area contributed by atoms with Gasteiger partial charge in [0.15, 0.2) is 5.69 Å². The van der Waals surface area contributed by atoms with Crippen LogP contribution in [0.2, 0.25) is 0 Å². The Morgan fingerprint density at radius 1 is 1.20 bits per heavy atom. The van der Waals surface area contributed by atoms with Gasteiger partial charge >= 0.3 is 0 Å². The first kappa shape index (κ1) is 15.7. The van der Waals surface area contributed by atoms with Crippen LogP contribution in [-0.4, -0.2) is 28.6 Å². The first-order chi connectivity index (χ1) is 12.0. The lowest BCUT2D eigenvalue weighted by molar-refractivity contribution is 0.314. The molecule has 0 saturated heterocycles.